The fourth-order valence-electron chi connectivity index (χ4n) is 2.60. The van der Waals surface area contributed by atoms with Gasteiger partial charge in [0.15, 0.2) is 12.7 Å². The Bertz CT molecular complexity index is 821. The highest BCUT2D eigenvalue weighted by atomic mass is 16.6. The van der Waals surface area contributed by atoms with Gasteiger partial charge in [-0.1, -0.05) is 62.4 Å². The van der Waals surface area contributed by atoms with Crippen molar-refractivity contribution in [2.24, 2.45) is 11.7 Å². The van der Waals surface area contributed by atoms with Gasteiger partial charge in [0.2, 0.25) is 0 Å². The monoisotopic (exact) mass is 384 g/mol. The highest BCUT2D eigenvalue weighted by molar-refractivity contribution is 5.96. The largest absolute Gasteiger partial charge is 0.482 e. The molecular weight excluding hydrogens is 360 g/mol. The Hall–Kier alpha value is -3.35. The Morgan fingerprint density at radius 2 is 1.64 bits per heavy atom. The molecule has 0 saturated carbocycles. The van der Waals surface area contributed by atoms with E-state index in [1.165, 1.54) is 0 Å². The van der Waals surface area contributed by atoms with Gasteiger partial charge >= 0.3 is 12.0 Å². The number of amides is 3. The van der Waals surface area contributed by atoms with Crippen molar-refractivity contribution in [2.75, 3.05) is 6.61 Å². The van der Waals surface area contributed by atoms with E-state index in [2.05, 4.69) is 0 Å². The number of carbonyl (C=O) groups excluding carboxylic acids is 3. The lowest BCUT2D eigenvalue weighted by Crippen LogP contribution is -2.46. The van der Waals surface area contributed by atoms with Crippen molar-refractivity contribution in [3.8, 4) is 5.75 Å². The smallest absolute Gasteiger partial charge is 0.344 e. The molecule has 2 aromatic rings. The van der Waals surface area contributed by atoms with Crippen molar-refractivity contribution in [3.63, 3.8) is 0 Å². The molecule has 0 aliphatic heterocycles. The maximum atomic E-state index is 12.1. The molecule has 0 saturated heterocycles. The summed E-state index contributed by atoms with van der Waals surface area (Å²) in [6.07, 6.45) is -0.481. The van der Waals surface area contributed by atoms with E-state index < -0.39 is 24.0 Å². The van der Waals surface area contributed by atoms with Gasteiger partial charge in [0.1, 0.15) is 5.75 Å². The second-order valence-corrected chi connectivity index (χ2v) is 6.57. The first-order valence-corrected chi connectivity index (χ1v) is 8.91. The number of nitrogens with two attached hydrogens (primary N) is 1. The average molecular weight is 384 g/mol. The predicted molar refractivity (Wildman–Crippen MR) is 104 cm³/mol. The van der Waals surface area contributed by atoms with Crippen LogP contribution in [0.15, 0.2) is 54.6 Å². The van der Waals surface area contributed by atoms with E-state index in [1.807, 2.05) is 53.8 Å². The van der Waals surface area contributed by atoms with Gasteiger partial charge in [-0.3, -0.25) is 10.1 Å². The maximum Gasteiger partial charge on any atom is 0.344 e. The van der Waals surface area contributed by atoms with Crippen LogP contribution in [0.25, 0.3) is 0 Å². The van der Waals surface area contributed by atoms with Crippen LogP contribution in [0.4, 0.5) is 4.79 Å². The molecule has 3 amide bonds. The van der Waals surface area contributed by atoms with Gasteiger partial charge in [0.25, 0.3) is 5.91 Å². The van der Waals surface area contributed by atoms with Crippen LogP contribution in [-0.4, -0.2) is 30.6 Å². The lowest BCUT2D eigenvalue weighted by atomic mass is 10.0. The molecule has 7 nitrogen and oxygen atoms in total. The Kier molecular flexibility index (Phi) is 7.56. The van der Waals surface area contributed by atoms with E-state index in [-0.39, 0.29) is 12.5 Å². The molecule has 0 aromatic heterocycles. The second-order valence-electron chi connectivity index (χ2n) is 6.57. The number of carbonyl (C=O) groups is 3. The van der Waals surface area contributed by atoms with Gasteiger partial charge < -0.3 is 15.2 Å². The highest BCUT2D eigenvalue weighted by Gasteiger charge is 2.27. The van der Waals surface area contributed by atoms with E-state index in [4.69, 9.17) is 15.2 Å². The number of hydrogen-bond acceptors (Lipinski definition) is 5. The Morgan fingerprint density at radius 3 is 2.29 bits per heavy atom. The quantitative estimate of drug-likeness (QED) is 0.680. The van der Waals surface area contributed by atoms with Crippen LogP contribution < -0.4 is 15.8 Å². The minimum atomic E-state index is -1.14. The van der Waals surface area contributed by atoms with Gasteiger partial charge in [0, 0.05) is 6.42 Å². The molecule has 7 heteroatoms. The summed E-state index contributed by atoms with van der Waals surface area (Å²) in [5.41, 5.74) is 6.98. The summed E-state index contributed by atoms with van der Waals surface area (Å²) in [6.45, 7) is 3.02. The van der Waals surface area contributed by atoms with Gasteiger partial charge in [-0.2, -0.15) is 0 Å². The Morgan fingerprint density at radius 1 is 1.00 bits per heavy atom. The number of benzene rings is 2. The molecule has 2 rings (SSSR count). The van der Waals surface area contributed by atoms with E-state index in [9.17, 15) is 14.4 Å². The molecule has 148 valence electrons. The van der Waals surface area contributed by atoms with Crippen molar-refractivity contribution in [1.29, 1.82) is 0 Å². The minimum absolute atomic E-state index is 0.339. The molecule has 0 fully saturated rings. The zero-order valence-electron chi connectivity index (χ0n) is 15.9. The van der Waals surface area contributed by atoms with Crippen LogP contribution in [0.2, 0.25) is 0 Å². The fraction of sp³-hybridized carbons (Fsp3) is 0.286. The maximum absolute atomic E-state index is 12.1. The van der Waals surface area contributed by atoms with Crippen LogP contribution in [-0.2, 0) is 20.7 Å². The number of imide groups is 1. The second kappa shape index (κ2) is 10.1. The summed E-state index contributed by atoms with van der Waals surface area (Å²) < 4.78 is 10.8. The third-order valence-electron chi connectivity index (χ3n) is 3.92. The number of nitrogens with one attached hydrogen (secondary N) is 1. The number of urea groups is 1. The van der Waals surface area contributed by atoms with Gasteiger partial charge in [-0.15, -0.1) is 0 Å². The van der Waals surface area contributed by atoms with Gasteiger partial charge in [0.05, 0.1) is 0 Å². The molecule has 0 heterocycles. The van der Waals surface area contributed by atoms with Crippen molar-refractivity contribution in [3.05, 3.63) is 65.7 Å². The van der Waals surface area contributed by atoms with Crippen molar-refractivity contribution in [2.45, 2.75) is 26.4 Å². The molecule has 0 radical (unpaired) electrons. The summed E-state index contributed by atoms with van der Waals surface area (Å²) in [7, 11) is 0. The lowest BCUT2D eigenvalue weighted by molar-refractivity contribution is -0.160. The SMILES string of the molecule is CC(C)[C@@H](OC(=O)COc1ccccc1Cc1ccccc1)C(=O)NC(N)=O. The number of rotatable bonds is 8. The van der Waals surface area contributed by atoms with E-state index >= 15 is 0 Å². The van der Waals surface area contributed by atoms with Crippen LogP contribution in [0.5, 0.6) is 5.75 Å². The Balaban J connectivity index is 1.98. The van der Waals surface area contributed by atoms with Crippen LogP contribution in [0, 0.1) is 5.92 Å². The first kappa shape index (κ1) is 21.0. The lowest BCUT2D eigenvalue weighted by Gasteiger charge is -2.20. The number of primary amides is 1. The molecular formula is C21H24N2O5. The van der Waals surface area contributed by atoms with Crippen molar-refractivity contribution in [1.82, 2.24) is 5.32 Å². The van der Waals surface area contributed by atoms with Crippen molar-refractivity contribution >= 4 is 17.9 Å². The first-order valence-electron chi connectivity index (χ1n) is 8.91. The molecule has 3 N–H and O–H groups in total. The predicted octanol–water partition coefficient (Wildman–Crippen LogP) is 2.42. The number of hydrogen-bond donors (Lipinski definition) is 2. The summed E-state index contributed by atoms with van der Waals surface area (Å²) in [5.74, 6) is -1.26. The standard InChI is InChI=1S/C21H24N2O5/c1-14(2)19(20(25)23-21(22)26)28-18(24)13-27-17-11-7-6-10-16(17)12-15-8-4-3-5-9-15/h3-11,14,19H,12-13H2,1-2H3,(H3,22,23,25,26)/t19-/m1/s1. The zero-order valence-corrected chi connectivity index (χ0v) is 15.9. The minimum Gasteiger partial charge on any atom is -0.482 e. The summed E-state index contributed by atoms with van der Waals surface area (Å²) in [5, 5.41) is 1.92. The summed E-state index contributed by atoms with van der Waals surface area (Å²) in [6, 6.07) is 16.3. The third kappa shape index (κ3) is 6.42. The van der Waals surface area contributed by atoms with E-state index in [1.54, 1.807) is 19.9 Å². The third-order valence-corrected chi connectivity index (χ3v) is 3.92. The topological polar surface area (TPSA) is 108 Å². The molecule has 28 heavy (non-hydrogen) atoms. The number of para-hydroxylation sites is 1. The normalized spacial score (nSPS) is 11.5. The zero-order chi connectivity index (χ0) is 20.5. The Labute approximate surface area is 163 Å². The molecule has 1 atom stereocenters. The number of esters is 1. The molecule has 0 aliphatic carbocycles. The number of ether oxygens (including phenoxy) is 2. The molecule has 0 spiro atoms. The first-order chi connectivity index (χ1) is 13.4. The van der Waals surface area contributed by atoms with Gasteiger partial charge in [-0.05, 0) is 23.1 Å². The molecule has 0 unspecified atom stereocenters. The van der Waals surface area contributed by atoms with Crippen LogP contribution in [0.3, 0.4) is 0 Å². The van der Waals surface area contributed by atoms with E-state index in [0.29, 0.717) is 12.2 Å². The van der Waals surface area contributed by atoms with Crippen molar-refractivity contribution < 1.29 is 23.9 Å². The average Bonchev–Trinajstić information content (AvgIpc) is 2.65. The van der Waals surface area contributed by atoms with Gasteiger partial charge in [-0.25, -0.2) is 9.59 Å². The summed E-state index contributed by atoms with van der Waals surface area (Å²) >= 11 is 0. The van der Waals surface area contributed by atoms with E-state index in [0.717, 1.165) is 11.1 Å². The van der Waals surface area contributed by atoms with Crippen LogP contribution >= 0.6 is 0 Å². The summed E-state index contributed by atoms with van der Waals surface area (Å²) in [4.78, 5) is 34.9. The molecule has 0 aliphatic rings. The molecule has 0 bridgehead atoms. The van der Waals surface area contributed by atoms with Crippen LogP contribution in [0.1, 0.15) is 25.0 Å². The fourth-order valence-corrected chi connectivity index (χ4v) is 2.60. The highest BCUT2D eigenvalue weighted by Crippen LogP contribution is 2.21. The molecule has 2 aromatic carbocycles.